The molecule has 1 aromatic carbocycles. The average molecular weight is 370 g/mol. The molecule has 3 aliphatic rings. The maximum atomic E-state index is 11.9. The van der Waals surface area contributed by atoms with E-state index in [2.05, 4.69) is 36.5 Å². The summed E-state index contributed by atoms with van der Waals surface area (Å²) >= 11 is 0. The number of hydrogen-bond acceptors (Lipinski definition) is 3. The summed E-state index contributed by atoms with van der Waals surface area (Å²) in [5.41, 5.74) is 2.79. The fraction of sp³-hybridized carbons (Fsp3) is 0.625. The Labute approximate surface area is 164 Å². The molecular weight excluding hydrogens is 334 g/mol. The van der Waals surface area contributed by atoms with Crippen LogP contribution in [-0.4, -0.2) is 18.4 Å². The van der Waals surface area contributed by atoms with Gasteiger partial charge in [-0.25, -0.2) is 0 Å². The summed E-state index contributed by atoms with van der Waals surface area (Å²) in [6.07, 6.45) is 13.5. The Bertz CT molecular complexity index is 607. The molecule has 148 valence electrons. The van der Waals surface area contributed by atoms with Gasteiger partial charge < -0.3 is 10.1 Å². The van der Waals surface area contributed by atoms with Crippen LogP contribution in [0.1, 0.15) is 76.7 Å². The number of ketones is 1. The summed E-state index contributed by atoms with van der Waals surface area (Å²) in [5.74, 6) is 1.64. The topological polar surface area (TPSA) is 38.3 Å². The summed E-state index contributed by atoms with van der Waals surface area (Å²) in [6, 6.07) is 10.5. The van der Waals surface area contributed by atoms with Crippen LogP contribution in [0.4, 0.5) is 0 Å². The molecule has 0 aliphatic heterocycles. The van der Waals surface area contributed by atoms with Gasteiger partial charge in [0.1, 0.15) is 6.10 Å². The minimum Gasteiger partial charge on any atom is -0.476 e. The van der Waals surface area contributed by atoms with E-state index < -0.39 is 0 Å². The molecule has 0 spiro atoms. The van der Waals surface area contributed by atoms with E-state index in [0.29, 0.717) is 24.3 Å². The van der Waals surface area contributed by atoms with E-state index in [-0.39, 0.29) is 0 Å². The Kier molecular flexibility index (Phi) is 7.79. The van der Waals surface area contributed by atoms with Gasteiger partial charge in [0.25, 0.3) is 0 Å². The monoisotopic (exact) mass is 369 g/mol. The minimum atomic E-state index is 0.327. The predicted octanol–water partition coefficient (Wildman–Crippen LogP) is 5.55. The van der Waals surface area contributed by atoms with E-state index >= 15 is 0 Å². The van der Waals surface area contributed by atoms with Crippen molar-refractivity contribution >= 4 is 5.78 Å². The molecule has 1 N–H and O–H groups in total. The first-order chi connectivity index (χ1) is 13.3. The van der Waals surface area contributed by atoms with Gasteiger partial charge in [-0.15, -0.1) is 0 Å². The second-order valence-corrected chi connectivity index (χ2v) is 8.10. The molecule has 4 rings (SSSR count). The van der Waals surface area contributed by atoms with Gasteiger partial charge in [0, 0.05) is 5.92 Å². The van der Waals surface area contributed by atoms with Crippen LogP contribution in [0.2, 0.25) is 0 Å². The molecular formula is C24H35NO2. The van der Waals surface area contributed by atoms with Crippen LogP contribution in [0.3, 0.4) is 0 Å². The quantitative estimate of drug-likeness (QED) is 0.641. The maximum absolute atomic E-state index is 11.9. The average Bonchev–Trinajstić information content (AvgIpc) is 3.51. The smallest absolute Gasteiger partial charge is 0.186 e. The van der Waals surface area contributed by atoms with Gasteiger partial charge in [-0.3, -0.25) is 4.79 Å². The van der Waals surface area contributed by atoms with Gasteiger partial charge in [-0.1, -0.05) is 50.1 Å². The molecule has 0 amide bonds. The van der Waals surface area contributed by atoms with Crippen LogP contribution in [0.5, 0.6) is 0 Å². The van der Waals surface area contributed by atoms with Gasteiger partial charge in [0.2, 0.25) is 0 Å². The van der Waals surface area contributed by atoms with Crippen LogP contribution in [0, 0.1) is 5.92 Å². The maximum Gasteiger partial charge on any atom is 0.186 e. The number of carbonyl (C=O) groups is 1. The van der Waals surface area contributed by atoms with Crippen LogP contribution in [-0.2, 0) is 16.0 Å². The number of carbonyl (C=O) groups excluding carboxylic acids is 1. The van der Waals surface area contributed by atoms with Crippen molar-refractivity contribution in [3.8, 4) is 0 Å². The van der Waals surface area contributed by atoms with Gasteiger partial charge in [0.15, 0.2) is 11.7 Å². The normalized spacial score (nSPS) is 19.4. The Morgan fingerprint density at radius 3 is 2.22 bits per heavy atom. The zero-order valence-corrected chi connectivity index (χ0v) is 16.8. The van der Waals surface area contributed by atoms with Crippen molar-refractivity contribution in [3.05, 3.63) is 47.4 Å². The van der Waals surface area contributed by atoms with Gasteiger partial charge in [-0.05, 0) is 68.9 Å². The van der Waals surface area contributed by atoms with Crippen LogP contribution >= 0.6 is 0 Å². The standard InChI is InChI=1S/C16H25NO2.C8H10/c18-15(12-5-4-6-12)11-17-16(13-9-10-13)19-14-7-2-1-3-8-14;1-2-8-6-4-3-5-7-8/h12,14,17H,1-11H2;3-7H,2H2,1H3. The predicted molar refractivity (Wildman–Crippen MR) is 110 cm³/mol. The summed E-state index contributed by atoms with van der Waals surface area (Å²) in [5, 5.41) is 3.29. The van der Waals surface area contributed by atoms with Crippen molar-refractivity contribution in [2.75, 3.05) is 6.54 Å². The third-order valence-corrected chi connectivity index (χ3v) is 5.89. The largest absolute Gasteiger partial charge is 0.476 e. The van der Waals surface area contributed by atoms with Gasteiger partial charge in [-0.2, -0.15) is 0 Å². The van der Waals surface area contributed by atoms with Crippen molar-refractivity contribution in [3.63, 3.8) is 0 Å². The fourth-order valence-corrected chi connectivity index (χ4v) is 3.64. The molecule has 3 heteroatoms. The highest BCUT2D eigenvalue weighted by molar-refractivity contribution is 5.83. The second kappa shape index (κ2) is 10.5. The number of hydrogen-bond donors (Lipinski definition) is 1. The lowest BCUT2D eigenvalue weighted by Crippen LogP contribution is -2.33. The lowest BCUT2D eigenvalue weighted by atomic mass is 9.82. The Balaban J connectivity index is 0.000000221. The first kappa shape index (κ1) is 20.0. The summed E-state index contributed by atoms with van der Waals surface area (Å²) in [4.78, 5) is 11.9. The van der Waals surface area contributed by atoms with Crippen molar-refractivity contribution in [2.45, 2.75) is 83.7 Å². The van der Waals surface area contributed by atoms with Crippen LogP contribution in [0.15, 0.2) is 41.8 Å². The zero-order valence-electron chi connectivity index (χ0n) is 16.8. The van der Waals surface area contributed by atoms with E-state index in [0.717, 1.165) is 38.0 Å². The molecule has 0 heterocycles. The van der Waals surface area contributed by atoms with Gasteiger partial charge in [0.05, 0.1) is 6.54 Å². The molecule has 27 heavy (non-hydrogen) atoms. The van der Waals surface area contributed by atoms with E-state index in [1.165, 1.54) is 49.7 Å². The molecule has 0 atom stereocenters. The Morgan fingerprint density at radius 2 is 1.70 bits per heavy atom. The number of nitrogens with one attached hydrogen (secondary N) is 1. The number of ether oxygens (including phenoxy) is 1. The molecule has 0 bridgehead atoms. The van der Waals surface area contributed by atoms with E-state index in [1.807, 2.05) is 6.07 Å². The van der Waals surface area contributed by atoms with Crippen LogP contribution in [0.25, 0.3) is 0 Å². The van der Waals surface area contributed by atoms with Crippen molar-refractivity contribution < 1.29 is 9.53 Å². The molecule has 1 aromatic rings. The number of allylic oxidation sites excluding steroid dienone is 1. The molecule has 0 radical (unpaired) electrons. The lowest BCUT2D eigenvalue weighted by molar-refractivity contribution is -0.124. The molecule has 3 fully saturated rings. The van der Waals surface area contributed by atoms with Gasteiger partial charge >= 0.3 is 0 Å². The van der Waals surface area contributed by atoms with E-state index in [4.69, 9.17) is 4.74 Å². The summed E-state index contributed by atoms with van der Waals surface area (Å²) < 4.78 is 6.11. The lowest BCUT2D eigenvalue weighted by Gasteiger charge is -2.27. The fourth-order valence-electron chi connectivity index (χ4n) is 3.64. The third kappa shape index (κ3) is 6.71. The first-order valence-electron chi connectivity index (χ1n) is 11.0. The highest BCUT2D eigenvalue weighted by atomic mass is 16.5. The van der Waals surface area contributed by atoms with Crippen LogP contribution < -0.4 is 5.32 Å². The molecule has 3 saturated carbocycles. The van der Waals surface area contributed by atoms with Crippen molar-refractivity contribution in [1.82, 2.24) is 5.32 Å². The summed E-state index contributed by atoms with van der Waals surface area (Å²) in [7, 11) is 0. The third-order valence-electron chi connectivity index (χ3n) is 5.89. The SMILES string of the molecule is CCc1ccccc1.O=C(CNC(OC1CCCCC1)=C1CC1)C1CCC1. The first-order valence-corrected chi connectivity index (χ1v) is 11.0. The molecule has 0 saturated heterocycles. The molecule has 0 aromatic heterocycles. The highest BCUT2D eigenvalue weighted by Gasteiger charge is 2.27. The summed E-state index contributed by atoms with van der Waals surface area (Å²) in [6.45, 7) is 2.63. The zero-order chi connectivity index (χ0) is 18.9. The van der Waals surface area contributed by atoms with E-state index in [9.17, 15) is 4.79 Å². The molecule has 3 aliphatic carbocycles. The molecule has 3 nitrogen and oxygen atoms in total. The second-order valence-electron chi connectivity index (χ2n) is 8.10. The van der Waals surface area contributed by atoms with Crippen molar-refractivity contribution in [1.29, 1.82) is 0 Å². The molecule has 0 unspecified atom stereocenters. The van der Waals surface area contributed by atoms with Crippen molar-refractivity contribution in [2.24, 2.45) is 5.92 Å². The number of aryl methyl sites for hydroxylation is 1. The highest BCUT2D eigenvalue weighted by Crippen LogP contribution is 2.33. The minimum absolute atomic E-state index is 0.327. The van der Waals surface area contributed by atoms with E-state index in [1.54, 1.807) is 0 Å². The number of rotatable bonds is 7. The Hall–Kier alpha value is -1.77. The number of benzene rings is 1. The Morgan fingerprint density at radius 1 is 1.00 bits per heavy atom. The number of Topliss-reactive ketones (excluding diaryl/α,β-unsaturated/α-hetero) is 1.